The molecule has 0 bridgehead atoms. The van der Waals surface area contributed by atoms with Crippen molar-refractivity contribution in [1.29, 1.82) is 0 Å². The van der Waals surface area contributed by atoms with Crippen molar-refractivity contribution in [3.8, 4) is 0 Å². The third-order valence-corrected chi connectivity index (χ3v) is 4.70. The maximum atomic E-state index is 13.6. The molecule has 2 N–H and O–H groups in total. The van der Waals surface area contributed by atoms with Crippen LogP contribution in [0.2, 0.25) is 0 Å². The molecule has 0 radical (unpaired) electrons. The van der Waals surface area contributed by atoms with Crippen LogP contribution in [-0.2, 0) is 19.1 Å². The van der Waals surface area contributed by atoms with E-state index in [1.54, 1.807) is 0 Å². The zero-order valence-electron chi connectivity index (χ0n) is 18.5. The number of esters is 1. The van der Waals surface area contributed by atoms with E-state index in [0.29, 0.717) is 11.8 Å². The van der Waals surface area contributed by atoms with Crippen LogP contribution in [0.4, 0.5) is 14.5 Å². The van der Waals surface area contributed by atoms with E-state index < -0.39 is 41.9 Å². The van der Waals surface area contributed by atoms with Crippen molar-refractivity contribution in [2.24, 2.45) is 0 Å². The highest BCUT2D eigenvalue weighted by Gasteiger charge is 2.17. The van der Waals surface area contributed by atoms with Gasteiger partial charge in [0, 0.05) is 25.3 Å². The Kier molecular flexibility index (Phi) is 9.02. The number of nitrogens with one attached hydrogen (secondary N) is 2. The summed E-state index contributed by atoms with van der Waals surface area (Å²) in [6.07, 6.45) is -0.265. The van der Waals surface area contributed by atoms with Crippen molar-refractivity contribution in [1.82, 2.24) is 10.2 Å². The first-order valence-electron chi connectivity index (χ1n) is 10.1. The van der Waals surface area contributed by atoms with Gasteiger partial charge >= 0.3 is 5.97 Å². The van der Waals surface area contributed by atoms with E-state index in [-0.39, 0.29) is 25.1 Å². The van der Waals surface area contributed by atoms with Crippen LogP contribution in [0.5, 0.6) is 0 Å². The number of halogens is 2. The number of aryl methyl sites for hydroxylation is 2. The van der Waals surface area contributed by atoms with Gasteiger partial charge in [-0.25, -0.2) is 8.78 Å². The Morgan fingerprint density at radius 1 is 1.03 bits per heavy atom. The third kappa shape index (κ3) is 7.67. The molecule has 0 aliphatic heterocycles. The first-order valence-corrected chi connectivity index (χ1v) is 10.1. The Morgan fingerprint density at radius 2 is 1.70 bits per heavy atom. The summed E-state index contributed by atoms with van der Waals surface area (Å²) < 4.78 is 31.3. The summed E-state index contributed by atoms with van der Waals surface area (Å²) in [5.74, 6) is -4.40. The van der Waals surface area contributed by atoms with Gasteiger partial charge in [-0.15, -0.1) is 0 Å². The maximum Gasteiger partial charge on any atom is 0.308 e. The van der Waals surface area contributed by atoms with Gasteiger partial charge in [0.25, 0.3) is 11.8 Å². The van der Waals surface area contributed by atoms with Gasteiger partial charge in [0.05, 0.1) is 18.5 Å². The molecule has 0 heterocycles. The van der Waals surface area contributed by atoms with Gasteiger partial charge in [0.2, 0.25) is 5.91 Å². The van der Waals surface area contributed by atoms with Crippen molar-refractivity contribution in [3.05, 3.63) is 64.7 Å². The van der Waals surface area contributed by atoms with Gasteiger partial charge in [-0.05, 0) is 37.1 Å². The molecule has 2 aromatic rings. The van der Waals surface area contributed by atoms with E-state index in [9.17, 15) is 28.0 Å². The molecule has 2 rings (SSSR count). The van der Waals surface area contributed by atoms with Crippen molar-refractivity contribution in [2.75, 3.05) is 32.1 Å². The minimum atomic E-state index is -1.02. The zero-order valence-corrected chi connectivity index (χ0v) is 18.5. The van der Waals surface area contributed by atoms with Crippen LogP contribution in [0.25, 0.3) is 0 Å². The lowest BCUT2D eigenvalue weighted by atomic mass is 10.1. The maximum absolute atomic E-state index is 13.6. The highest BCUT2D eigenvalue weighted by Crippen LogP contribution is 2.19. The van der Waals surface area contributed by atoms with Gasteiger partial charge < -0.3 is 20.3 Å². The average molecular weight is 461 g/mol. The number of carbonyl (C=O) groups is 4. The Morgan fingerprint density at radius 3 is 2.33 bits per heavy atom. The number of ether oxygens (including phenoxy) is 1. The first kappa shape index (κ1) is 25.4. The van der Waals surface area contributed by atoms with Crippen LogP contribution in [-0.4, -0.2) is 55.3 Å². The van der Waals surface area contributed by atoms with Crippen LogP contribution in [0.1, 0.15) is 27.9 Å². The zero-order chi connectivity index (χ0) is 24.5. The number of likely N-dealkylation sites (N-methyl/N-ethyl adjacent to an activating group) is 1. The second-order valence-electron chi connectivity index (χ2n) is 7.36. The molecule has 0 aromatic heterocycles. The van der Waals surface area contributed by atoms with Crippen molar-refractivity contribution in [2.45, 2.75) is 20.3 Å². The molecule has 0 aliphatic carbocycles. The molecular formula is C23H25F2N3O5. The molecule has 0 spiro atoms. The number of rotatable bonds is 9. The average Bonchev–Trinajstić information content (AvgIpc) is 2.74. The summed E-state index contributed by atoms with van der Waals surface area (Å²) in [7, 11) is 1.40. The van der Waals surface area contributed by atoms with Gasteiger partial charge in [-0.1, -0.05) is 18.2 Å². The summed E-state index contributed by atoms with van der Waals surface area (Å²) in [5.41, 5.74) is 2.10. The molecule has 0 saturated carbocycles. The number of hydrogen-bond acceptors (Lipinski definition) is 5. The minimum absolute atomic E-state index is 0.170. The number of amides is 3. The van der Waals surface area contributed by atoms with Crippen molar-refractivity contribution in [3.63, 3.8) is 0 Å². The van der Waals surface area contributed by atoms with Crippen LogP contribution in [0.15, 0.2) is 36.4 Å². The summed E-state index contributed by atoms with van der Waals surface area (Å²) in [4.78, 5) is 49.1. The second kappa shape index (κ2) is 11.7. The number of benzene rings is 2. The predicted octanol–water partition coefficient (Wildman–Crippen LogP) is 2.34. The normalized spacial score (nSPS) is 10.3. The van der Waals surface area contributed by atoms with Gasteiger partial charge in [0.1, 0.15) is 11.6 Å². The molecule has 8 nitrogen and oxygen atoms in total. The van der Waals surface area contributed by atoms with E-state index in [4.69, 9.17) is 4.74 Å². The Balaban J connectivity index is 1.71. The van der Waals surface area contributed by atoms with Crippen molar-refractivity contribution < 1.29 is 32.7 Å². The molecule has 0 unspecified atom stereocenters. The third-order valence-electron chi connectivity index (χ3n) is 4.70. The lowest BCUT2D eigenvalue weighted by molar-refractivity contribution is -0.151. The molecule has 33 heavy (non-hydrogen) atoms. The fraction of sp³-hybridized carbons (Fsp3) is 0.304. The van der Waals surface area contributed by atoms with Crippen molar-refractivity contribution >= 4 is 29.4 Å². The first-order chi connectivity index (χ1) is 15.6. The number of nitrogens with zero attached hydrogens (tertiary/aromatic N) is 1. The van der Waals surface area contributed by atoms with Gasteiger partial charge in [0.15, 0.2) is 6.61 Å². The van der Waals surface area contributed by atoms with E-state index >= 15 is 0 Å². The smallest absolute Gasteiger partial charge is 0.308 e. The topological polar surface area (TPSA) is 105 Å². The van der Waals surface area contributed by atoms with Crippen LogP contribution in [0, 0.1) is 25.5 Å². The van der Waals surface area contributed by atoms with E-state index in [0.717, 1.165) is 28.2 Å². The highest BCUT2D eigenvalue weighted by molar-refractivity contribution is 5.96. The lowest BCUT2D eigenvalue weighted by Gasteiger charge is -2.18. The predicted molar refractivity (Wildman–Crippen MR) is 116 cm³/mol. The standard InChI is InChI=1S/C23H25F2N3O5/c1-14-5-4-6-15(2)22(14)27-19(29)12-28(3)20(30)13-33-21(31)9-10-26-23(32)17-8-7-16(24)11-18(17)25/h4-8,11H,9-10,12-13H2,1-3H3,(H,26,32)(H,27,29). The van der Waals surface area contributed by atoms with Crippen LogP contribution < -0.4 is 10.6 Å². The van der Waals surface area contributed by atoms with Crippen LogP contribution in [0.3, 0.4) is 0 Å². The number of hydrogen-bond donors (Lipinski definition) is 2. The minimum Gasteiger partial charge on any atom is -0.456 e. The second-order valence-corrected chi connectivity index (χ2v) is 7.36. The molecule has 176 valence electrons. The fourth-order valence-corrected chi connectivity index (χ4v) is 2.87. The molecule has 3 amide bonds. The summed E-state index contributed by atoms with van der Waals surface area (Å²) in [6, 6.07) is 8.09. The molecule has 10 heteroatoms. The van der Waals surface area contributed by atoms with Crippen LogP contribution >= 0.6 is 0 Å². The quantitative estimate of drug-likeness (QED) is 0.558. The number of para-hydroxylation sites is 1. The molecule has 2 aromatic carbocycles. The SMILES string of the molecule is Cc1cccc(C)c1NC(=O)CN(C)C(=O)COC(=O)CCNC(=O)c1ccc(F)cc1F. The Bertz CT molecular complexity index is 1040. The lowest BCUT2D eigenvalue weighted by Crippen LogP contribution is -2.37. The monoisotopic (exact) mass is 461 g/mol. The highest BCUT2D eigenvalue weighted by atomic mass is 19.1. The molecule has 0 atom stereocenters. The van der Waals surface area contributed by atoms with Gasteiger partial charge in [-0.3, -0.25) is 19.2 Å². The molecule has 0 fully saturated rings. The summed E-state index contributed by atoms with van der Waals surface area (Å²) in [5, 5.41) is 5.07. The fourth-order valence-electron chi connectivity index (χ4n) is 2.87. The van der Waals surface area contributed by atoms with E-state index in [1.165, 1.54) is 7.05 Å². The number of carbonyl (C=O) groups excluding carboxylic acids is 4. The summed E-state index contributed by atoms with van der Waals surface area (Å²) in [6.45, 7) is 2.73. The molecule has 0 aliphatic rings. The van der Waals surface area contributed by atoms with E-state index in [2.05, 4.69) is 10.6 Å². The molecular weight excluding hydrogens is 436 g/mol. The molecule has 0 saturated heterocycles. The Hall–Kier alpha value is -3.82. The Labute approximate surface area is 189 Å². The summed E-state index contributed by atoms with van der Waals surface area (Å²) >= 11 is 0. The van der Waals surface area contributed by atoms with E-state index in [1.807, 2.05) is 32.0 Å². The van der Waals surface area contributed by atoms with Gasteiger partial charge in [-0.2, -0.15) is 0 Å². The largest absolute Gasteiger partial charge is 0.456 e. The number of anilines is 1.